The first-order valence-corrected chi connectivity index (χ1v) is 5.47. The van der Waals surface area contributed by atoms with Gasteiger partial charge in [-0.05, 0) is 30.9 Å². The van der Waals surface area contributed by atoms with Gasteiger partial charge in [-0.15, -0.1) is 12.4 Å². The summed E-state index contributed by atoms with van der Waals surface area (Å²) in [5.41, 5.74) is 5.33. The van der Waals surface area contributed by atoms with E-state index in [-0.39, 0.29) is 28.9 Å². The zero-order chi connectivity index (χ0) is 11.9. The molecule has 1 saturated carbocycles. The van der Waals surface area contributed by atoms with Gasteiger partial charge in [-0.3, -0.25) is 0 Å². The van der Waals surface area contributed by atoms with Crippen molar-refractivity contribution in [1.29, 1.82) is 0 Å². The van der Waals surface area contributed by atoms with Crippen LogP contribution in [0.3, 0.4) is 0 Å². The van der Waals surface area contributed by atoms with Gasteiger partial charge in [0, 0.05) is 5.56 Å². The molecule has 1 aliphatic rings. The van der Waals surface area contributed by atoms with Gasteiger partial charge in [0.1, 0.15) is 11.6 Å². The Morgan fingerprint density at radius 3 is 2.47 bits per heavy atom. The minimum absolute atomic E-state index is 0. The minimum atomic E-state index is -1.06. The second-order valence-electron chi connectivity index (χ2n) is 4.11. The van der Waals surface area contributed by atoms with Crippen LogP contribution in [-0.2, 0) is 0 Å². The molecule has 6 heteroatoms. The molecule has 0 amide bonds. The number of hydrogen-bond donors (Lipinski definition) is 2. The Kier molecular flexibility index (Phi) is 4.72. The van der Waals surface area contributed by atoms with Crippen LogP contribution in [0.5, 0.6) is 0 Å². The first kappa shape index (κ1) is 14.6. The lowest BCUT2D eigenvalue weighted by molar-refractivity contribution is 0.119. The van der Waals surface area contributed by atoms with Crippen molar-refractivity contribution in [3.8, 4) is 0 Å². The molecule has 0 aliphatic heterocycles. The molecule has 2 nitrogen and oxygen atoms in total. The number of rotatable bonds is 3. The molecule has 0 saturated heterocycles. The van der Waals surface area contributed by atoms with Gasteiger partial charge in [0.05, 0.1) is 17.2 Å². The van der Waals surface area contributed by atoms with Crippen LogP contribution in [0.15, 0.2) is 12.1 Å². The summed E-state index contributed by atoms with van der Waals surface area (Å²) in [6.07, 6.45) is 0.777. The van der Waals surface area contributed by atoms with Crippen LogP contribution in [0.25, 0.3) is 0 Å². The molecule has 1 aromatic carbocycles. The lowest BCUT2D eigenvalue weighted by atomic mass is 9.98. The van der Waals surface area contributed by atoms with Gasteiger partial charge in [0.2, 0.25) is 0 Å². The van der Waals surface area contributed by atoms with Crippen LogP contribution in [0, 0.1) is 17.6 Å². The minimum Gasteiger partial charge on any atom is -0.391 e. The molecule has 0 spiro atoms. The van der Waals surface area contributed by atoms with Gasteiger partial charge < -0.3 is 10.8 Å². The van der Waals surface area contributed by atoms with Gasteiger partial charge in [-0.1, -0.05) is 11.6 Å². The van der Waals surface area contributed by atoms with E-state index in [1.54, 1.807) is 0 Å². The molecule has 0 heterocycles. The van der Waals surface area contributed by atoms with Crippen LogP contribution < -0.4 is 5.73 Å². The predicted octanol–water partition coefficient (Wildman–Crippen LogP) is 2.81. The van der Waals surface area contributed by atoms with Crippen molar-refractivity contribution < 1.29 is 13.9 Å². The van der Waals surface area contributed by atoms with E-state index in [0.29, 0.717) is 0 Å². The number of halogens is 4. The molecular formula is C11H13Cl2F2NO. The van der Waals surface area contributed by atoms with Gasteiger partial charge in [0.15, 0.2) is 0 Å². The smallest absolute Gasteiger partial charge is 0.149 e. The van der Waals surface area contributed by atoms with Crippen molar-refractivity contribution in [2.45, 2.75) is 25.0 Å². The monoisotopic (exact) mass is 283 g/mol. The summed E-state index contributed by atoms with van der Waals surface area (Å²) in [4.78, 5) is 0. The van der Waals surface area contributed by atoms with E-state index in [0.717, 1.165) is 25.0 Å². The number of aliphatic hydroxyl groups excluding tert-OH is 1. The highest BCUT2D eigenvalue weighted by Crippen LogP contribution is 2.38. The van der Waals surface area contributed by atoms with E-state index in [4.69, 9.17) is 17.3 Å². The summed E-state index contributed by atoms with van der Waals surface area (Å²) in [5, 5.41) is 9.56. The normalized spacial score (nSPS) is 18.4. The maximum absolute atomic E-state index is 13.6. The summed E-state index contributed by atoms with van der Waals surface area (Å²) in [7, 11) is 0. The molecule has 1 aliphatic carbocycles. The summed E-state index contributed by atoms with van der Waals surface area (Å²) in [5.74, 6) is -1.60. The zero-order valence-electron chi connectivity index (χ0n) is 8.87. The molecule has 3 N–H and O–H groups in total. The van der Waals surface area contributed by atoms with E-state index >= 15 is 0 Å². The summed E-state index contributed by atoms with van der Waals surface area (Å²) < 4.78 is 27.0. The van der Waals surface area contributed by atoms with Crippen molar-refractivity contribution in [2.75, 3.05) is 0 Å². The fourth-order valence-electron chi connectivity index (χ4n) is 1.75. The standard InChI is InChI=1S/C11H12ClF2NO.ClH/c12-6-3-4-7(13)8(9(6)14)10(15)11(16)5-1-2-5;/h3-5,10-11,16H,1-2,15H2;1H/t10-,11+;/m1./s1. The van der Waals surface area contributed by atoms with Crippen LogP contribution in [0.2, 0.25) is 5.02 Å². The molecule has 0 aromatic heterocycles. The maximum atomic E-state index is 13.6. The SMILES string of the molecule is Cl.N[C@H](c1c(F)ccc(Cl)c1F)[C@@H](O)C1CC1. The number of benzene rings is 1. The molecule has 17 heavy (non-hydrogen) atoms. The summed E-state index contributed by atoms with van der Waals surface area (Å²) >= 11 is 5.55. The second-order valence-corrected chi connectivity index (χ2v) is 4.52. The third kappa shape index (κ3) is 2.88. The maximum Gasteiger partial charge on any atom is 0.149 e. The fourth-order valence-corrected chi connectivity index (χ4v) is 1.91. The number of aliphatic hydroxyl groups is 1. The highest BCUT2D eigenvalue weighted by Gasteiger charge is 2.36. The van der Waals surface area contributed by atoms with Crippen molar-refractivity contribution in [2.24, 2.45) is 11.7 Å². The zero-order valence-corrected chi connectivity index (χ0v) is 10.4. The Bertz CT molecular complexity index is 413. The Balaban J connectivity index is 0.00000144. The van der Waals surface area contributed by atoms with Crippen molar-refractivity contribution >= 4 is 24.0 Å². The van der Waals surface area contributed by atoms with Crippen LogP contribution >= 0.6 is 24.0 Å². The van der Waals surface area contributed by atoms with E-state index in [1.165, 1.54) is 0 Å². The van der Waals surface area contributed by atoms with Crippen LogP contribution in [0.4, 0.5) is 8.78 Å². The molecule has 2 atom stereocenters. The van der Waals surface area contributed by atoms with Crippen molar-refractivity contribution in [1.82, 2.24) is 0 Å². The lowest BCUT2D eigenvalue weighted by Crippen LogP contribution is -2.29. The van der Waals surface area contributed by atoms with E-state index in [9.17, 15) is 13.9 Å². The Hall–Kier alpha value is -0.420. The molecule has 2 rings (SSSR count). The second kappa shape index (κ2) is 5.48. The molecule has 0 radical (unpaired) electrons. The van der Waals surface area contributed by atoms with E-state index in [2.05, 4.69) is 0 Å². The molecule has 96 valence electrons. The first-order chi connectivity index (χ1) is 7.52. The Morgan fingerprint density at radius 1 is 1.35 bits per heavy atom. The Labute approximate surface area is 109 Å². The van der Waals surface area contributed by atoms with Gasteiger partial charge in [-0.2, -0.15) is 0 Å². The highest BCUT2D eigenvalue weighted by molar-refractivity contribution is 6.30. The predicted molar refractivity (Wildman–Crippen MR) is 64.3 cm³/mol. The molecule has 0 unspecified atom stereocenters. The third-order valence-electron chi connectivity index (χ3n) is 2.89. The summed E-state index contributed by atoms with van der Waals surface area (Å²) in [6, 6.07) is 1.12. The molecule has 0 bridgehead atoms. The topological polar surface area (TPSA) is 46.2 Å². The lowest BCUT2D eigenvalue weighted by Gasteiger charge is -2.20. The fraction of sp³-hybridized carbons (Fsp3) is 0.455. The van der Waals surface area contributed by atoms with Gasteiger partial charge in [-0.25, -0.2) is 8.78 Å². The molecule has 1 fully saturated rings. The van der Waals surface area contributed by atoms with Crippen molar-refractivity contribution in [3.05, 3.63) is 34.4 Å². The highest BCUT2D eigenvalue weighted by atomic mass is 35.5. The molecular weight excluding hydrogens is 271 g/mol. The van der Waals surface area contributed by atoms with Crippen LogP contribution in [-0.4, -0.2) is 11.2 Å². The van der Waals surface area contributed by atoms with Gasteiger partial charge in [0.25, 0.3) is 0 Å². The van der Waals surface area contributed by atoms with E-state index in [1.807, 2.05) is 0 Å². The Morgan fingerprint density at radius 2 is 1.94 bits per heavy atom. The average Bonchev–Trinajstić information content (AvgIpc) is 3.06. The quantitative estimate of drug-likeness (QED) is 0.838. The van der Waals surface area contributed by atoms with Crippen molar-refractivity contribution in [3.63, 3.8) is 0 Å². The van der Waals surface area contributed by atoms with E-state index < -0.39 is 23.8 Å². The van der Waals surface area contributed by atoms with Gasteiger partial charge >= 0.3 is 0 Å². The number of nitrogens with two attached hydrogens (primary N) is 1. The molecule has 1 aromatic rings. The summed E-state index contributed by atoms with van der Waals surface area (Å²) in [6.45, 7) is 0. The average molecular weight is 284 g/mol. The van der Waals surface area contributed by atoms with Crippen LogP contribution in [0.1, 0.15) is 24.4 Å². The first-order valence-electron chi connectivity index (χ1n) is 5.09. The largest absolute Gasteiger partial charge is 0.391 e. The number of hydrogen-bond acceptors (Lipinski definition) is 2. The third-order valence-corrected chi connectivity index (χ3v) is 3.18.